The minimum Gasteiger partial charge on any atom is -0.371 e. The van der Waals surface area contributed by atoms with Crippen LogP contribution < -0.4 is 5.32 Å². The van der Waals surface area contributed by atoms with Gasteiger partial charge in [0.05, 0.1) is 11.0 Å². The Hall–Kier alpha value is -2.12. The lowest BCUT2D eigenvalue weighted by Crippen LogP contribution is -2.16. The second-order valence-corrected chi connectivity index (χ2v) is 9.66. The first-order valence-corrected chi connectivity index (χ1v) is 10.6. The molecule has 3 aromatic rings. The molecule has 1 unspecified atom stereocenters. The number of aromatic amines is 1. The molecule has 0 aliphatic carbocycles. The molecule has 0 spiro atoms. The van der Waals surface area contributed by atoms with Crippen molar-refractivity contribution in [1.29, 1.82) is 0 Å². The van der Waals surface area contributed by atoms with Gasteiger partial charge in [-0.2, -0.15) is 0 Å². The highest BCUT2D eigenvalue weighted by Crippen LogP contribution is 2.28. The van der Waals surface area contributed by atoms with Gasteiger partial charge in [-0.1, -0.05) is 18.2 Å². The molecule has 1 aromatic carbocycles. The fourth-order valence-corrected chi connectivity index (χ4v) is 4.24. The number of sulfone groups is 1. The van der Waals surface area contributed by atoms with Gasteiger partial charge in [0, 0.05) is 23.0 Å². The van der Waals surface area contributed by atoms with Gasteiger partial charge in [0.2, 0.25) is 0 Å². The van der Waals surface area contributed by atoms with Crippen LogP contribution in [0.2, 0.25) is 0 Å². The molecule has 2 N–H and O–H groups in total. The van der Waals surface area contributed by atoms with Crippen molar-refractivity contribution in [2.75, 3.05) is 5.32 Å². The predicted octanol–water partition coefficient (Wildman–Crippen LogP) is 4.00. The molecule has 25 heavy (non-hydrogen) atoms. The molecule has 132 valence electrons. The first-order valence-electron chi connectivity index (χ1n) is 8.05. The molecule has 0 aliphatic heterocycles. The van der Waals surface area contributed by atoms with Gasteiger partial charge in [-0.05, 0) is 43.0 Å². The standard InChI is InChI=1S/C18H21N3O2S2/c1-13(2)25(22,23)12-14-5-3-6-15(11-14)21-17(16-7-4-10-24-16)18-19-8-9-20-18/h3-11,13,17,21H,12H2,1-2H3,(H,19,20). The van der Waals surface area contributed by atoms with E-state index in [2.05, 4.69) is 21.4 Å². The number of hydrogen-bond acceptors (Lipinski definition) is 5. The number of H-pyrrole nitrogens is 1. The van der Waals surface area contributed by atoms with Crippen molar-refractivity contribution in [3.63, 3.8) is 0 Å². The number of nitrogens with zero attached hydrogens (tertiary/aromatic N) is 1. The molecule has 2 aromatic heterocycles. The highest BCUT2D eigenvalue weighted by atomic mass is 32.2. The van der Waals surface area contributed by atoms with Crippen LogP contribution >= 0.6 is 11.3 Å². The Balaban J connectivity index is 1.85. The Morgan fingerprint density at radius 3 is 2.72 bits per heavy atom. The zero-order valence-electron chi connectivity index (χ0n) is 14.1. The summed E-state index contributed by atoms with van der Waals surface area (Å²) in [6.07, 6.45) is 3.52. The Kier molecular flexibility index (Phi) is 5.24. The van der Waals surface area contributed by atoms with Crippen molar-refractivity contribution < 1.29 is 8.42 Å². The van der Waals surface area contributed by atoms with Crippen LogP contribution in [-0.2, 0) is 15.6 Å². The van der Waals surface area contributed by atoms with E-state index in [0.29, 0.717) is 0 Å². The van der Waals surface area contributed by atoms with E-state index in [0.717, 1.165) is 22.0 Å². The van der Waals surface area contributed by atoms with Gasteiger partial charge in [0.25, 0.3) is 0 Å². The minimum atomic E-state index is -3.13. The SMILES string of the molecule is CC(C)S(=O)(=O)Cc1cccc(NC(c2ncc[nH]2)c2cccs2)c1. The van der Waals surface area contributed by atoms with E-state index >= 15 is 0 Å². The van der Waals surface area contributed by atoms with E-state index in [1.54, 1.807) is 37.6 Å². The van der Waals surface area contributed by atoms with Crippen LogP contribution in [0.1, 0.15) is 36.2 Å². The summed E-state index contributed by atoms with van der Waals surface area (Å²) >= 11 is 1.65. The van der Waals surface area contributed by atoms with E-state index < -0.39 is 9.84 Å². The number of aromatic nitrogens is 2. The summed E-state index contributed by atoms with van der Waals surface area (Å²) < 4.78 is 24.3. The van der Waals surface area contributed by atoms with Crippen LogP contribution in [0.5, 0.6) is 0 Å². The molecular weight excluding hydrogens is 354 g/mol. The minimum absolute atomic E-state index is 0.0462. The highest BCUT2D eigenvalue weighted by Gasteiger charge is 2.19. The molecule has 5 nitrogen and oxygen atoms in total. The maximum Gasteiger partial charge on any atom is 0.156 e. The van der Waals surface area contributed by atoms with Gasteiger partial charge in [0.1, 0.15) is 11.9 Å². The van der Waals surface area contributed by atoms with Crippen molar-refractivity contribution >= 4 is 26.9 Å². The molecule has 0 bridgehead atoms. The lowest BCUT2D eigenvalue weighted by Gasteiger charge is -2.17. The summed E-state index contributed by atoms with van der Waals surface area (Å²) in [6.45, 7) is 3.42. The number of thiophene rings is 1. The Morgan fingerprint density at radius 1 is 1.24 bits per heavy atom. The second kappa shape index (κ2) is 7.41. The molecule has 0 aliphatic rings. The number of benzene rings is 1. The van der Waals surface area contributed by atoms with Gasteiger partial charge in [-0.25, -0.2) is 13.4 Å². The van der Waals surface area contributed by atoms with Crippen molar-refractivity contribution in [1.82, 2.24) is 9.97 Å². The number of anilines is 1. The van der Waals surface area contributed by atoms with Gasteiger partial charge < -0.3 is 10.3 Å². The monoisotopic (exact) mass is 375 g/mol. The summed E-state index contributed by atoms with van der Waals surface area (Å²) in [7, 11) is -3.13. The quantitative estimate of drug-likeness (QED) is 0.655. The third-order valence-electron chi connectivity index (χ3n) is 3.94. The van der Waals surface area contributed by atoms with E-state index in [-0.39, 0.29) is 17.0 Å². The zero-order valence-corrected chi connectivity index (χ0v) is 15.8. The third kappa shape index (κ3) is 4.29. The van der Waals surface area contributed by atoms with Crippen LogP contribution in [0, 0.1) is 0 Å². The van der Waals surface area contributed by atoms with Crippen molar-refractivity contribution in [2.45, 2.75) is 30.9 Å². The summed E-state index contributed by atoms with van der Waals surface area (Å²) in [5.74, 6) is 0.868. The van der Waals surface area contributed by atoms with Crippen molar-refractivity contribution in [3.8, 4) is 0 Å². The van der Waals surface area contributed by atoms with Crippen LogP contribution in [0.4, 0.5) is 5.69 Å². The summed E-state index contributed by atoms with van der Waals surface area (Å²) in [6, 6.07) is 11.5. The third-order valence-corrected chi connectivity index (χ3v) is 7.05. The van der Waals surface area contributed by atoms with Crippen LogP contribution in [0.25, 0.3) is 0 Å². The maximum absolute atomic E-state index is 12.2. The van der Waals surface area contributed by atoms with Crippen molar-refractivity contribution in [3.05, 3.63) is 70.4 Å². The van der Waals surface area contributed by atoms with Crippen LogP contribution in [0.3, 0.4) is 0 Å². The lowest BCUT2D eigenvalue weighted by molar-refractivity contribution is 0.586. The molecule has 2 heterocycles. The summed E-state index contributed by atoms with van der Waals surface area (Å²) in [5, 5.41) is 5.10. The molecule has 1 atom stereocenters. The first-order chi connectivity index (χ1) is 12.0. The average Bonchev–Trinajstić information content (AvgIpc) is 3.26. The molecule has 0 saturated heterocycles. The Labute approximate surface area is 152 Å². The lowest BCUT2D eigenvalue weighted by atomic mass is 10.1. The van der Waals surface area contributed by atoms with E-state index in [9.17, 15) is 8.42 Å². The van der Waals surface area contributed by atoms with Crippen molar-refractivity contribution in [2.24, 2.45) is 0 Å². The predicted molar refractivity (Wildman–Crippen MR) is 103 cm³/mol. The van der Waals surface area contributed by atoms with E-state index in [4.69, 9.17) is 0 Å². The maximum atomic E-state index is 12.2. The summed E-state index contributed by atoms with van der Waals surface area (Å²) in [4.78, 5) is 8.65. The van der Waals surface area contributed by atoms with Crippen LogP contribution in [-0.4, -0.2) is 23.6 Å². The average molecular weight is 376 g/mol. The number of nitrogens with one attached hydrogen (secondary N) is 2. The molecule has 0 radical (unpaired) electrons. The van der Waals surface area contributed by atoms with Gasteiger partial charge in [0.15, 0.2) is 9.84 Å². The number of rotatable bonds is 7. The fraction of sp³-hybridized carbons (Fsp3) is 0.278. The highest BCUT2D eigenvalue weighted by molar-refractivity contribution is 7.91. The van der Waals surface area contributed by atoms with E-state index in [1.807, 2.05) is 35.7 Å². The molecule has 0 fully saturated rings. The molecule has 3 rings (SSSR count). The fourth-order valence-electron chi connectivity index (χ4n) is 2.48. The zero-order chi connectivity index (χ0) is 17.9. The first kappa shape index (κ1) is 17.7. The Morgan fingerprint density at radius 2 is 2.08 bits per heavy atom. The summed E-state index contributed by atoms with van der Waals surface area (Å²) in [5.41, 5.74) is 1.65. The molecule has 0 amide bonds. The van der Waals surface area contributed by atoms with Gasteiger partial charge in [-0.3, -0.25) is 0 Å². The topological polar surface area (TPSA) is 74.8 Å². The molecular formula is C18H21N3O2S2. The largest absolute Gasteiger partial charge is 0.371 e. The molecule has 7 heteroatoms. The Bertz CT molecular complexity index is 867. The number of imidazole rings is 1. The second-order valence-electron chi connectivity index (χ2n) is 6.12. The van der Waals surface area contributed by atoms with Gasteiger partial charge >= 0.3 is 0 Å². The smallest absolute Gasteiger partial charge is 0.156 e. The van der Waals surface area contributed by atoms with Crippen LogP contribution in [0.15, 0.2) is 54.2 Å². The normalized spacial score (nSPS) is 13.1. The van der Waals surface area contributed by atoms with Gasteiger partial charge in [-0.15, -0.1) is 11.3 Å². The molecule has 0 saturated carbocycles. The number of hydrogen-bond donors (Lipinski definition) is 2. The van der Waals surface area contributed by atoms with E-state index in [1.165, 1.54) is 0 Å².